The van der Waals surface area contributed by atoms with Gasteiger partial charge in [-0.25, -0.2) is 0 Å². The Bertz CT molecular complexity index is 643. The molecule has 3 rings (SSSR count). The van der Waals surface area contributed by atoms with Crippen molar-refractivity contribution in [1.82, 2.24) is 0 Å². The van der Waals surface area contributed by atoms with E-state index in [4.69, 9.17) is 0 Å². The Hall–Kier alpha value is -1.04. The average molecular weight is 381 g/mol. The third kappa shape index (κ3) is 4.58. The lowest BCUT2D eigenvalue weighted by atomic mass is 9.61. The minimum Gasteiger partial charge on any atom is -0.0956 e. The first-order valence-electron chi connectivity index (χ1n) is 12.1. The summed E-state index contributed by atoms with van der Waals surface area (Å²) in [4.78, 5) is 0. The lowest BCUT2D eigenvalue weighted by Crippen LogP contribution is -2.35. The van der Waals surface area contributed by atoms with Crippen molar-refractivity contribution in [3.8, 4) is 0 Å². The lowest BCUT2D eigenvalue weighted by Gasteiger charge is -2.44. The molecule has 0 radical (unpaired) electrons. The summed E-state index contributed by atoms with van der Waals surface area (Å²) in [6, 6.07) is 0. The second-order valence-corrected chi connectivity index (χ2v) is 10.7. The first kappa shape index (κ1) is 21.7. The standard InChI is InChI=1S/C28H44/c1-20(2)21(3)13-14-23(5)26-17-18-27-25(12-9-19-28(26,27)6)16-15-24-11-8-7-10-22(24)4/h13-16,20-21,23,26-27H,4,7-12,17-19H2,1-3,5-6H3/t21-,23+,26?,27?,28+/m0/s1. The summed E-state index contributed by atoms with van der Waals surface area (Å²) in [6.45, 7) is 16.4. The number of fused-ring (bicyclic) bond motifs is 1. The van der Waals surface area contributed by atoms with Crippen LogP contribution < -0.4 is 0 Å². The van der Waals surface area contributed by atoms with Crippen LogP contribution in [0, 0.1) is 35.0 Å². The fourth-order valence-electron chi connectivity index (χ4n) is 6.25. The Morgan fingerprint density at radius 2 is 1.68 bits per heavy atom. The molecule has 0 aliphatic heterocycles. The molecule has 3 fully saturated rings. The Labute approximate surface area is 175 Å². The summed E-state index contributed by atoms with van der Waals surface area (Å²) in [7, 11) is 0. The zero-order valence-corrected chi connectivity index (χ0v) is 19.3. The van der Waals surface area contributed by atoms with Gasteiger partial charge in [0.05, 0.1) is 0 Å². The maximum atomic E-state index is 4.32. The summed E-state index contributed by atoms with van der Waals surface area (Å²) in [5.74, 6) is 3.77. The summed E-state index contributed by atoms with van der Waals surface area (Å²) in [5.41, 5.74) is 5.16. The number of hydrogen-bond donors (Lipinski definition) is 0. The van der Waals surface area contributed by atoms with Crippen molar-refractivity contribution in [3.63, 3.8) is 0 Å². The van der Waals surface area contributed by atoms with E-state index in [1.807, 2.05) is 0 Å². The smallest absolute Gasteiger partial charge is 0.0143 e. The molecule has 0 heterocycles. The molecule has 3 aliphatic rings. The molecule has 0 aromatic carbocycles. The van der Waals surface area contributed by atoms with Gasteiger partial charge in [-0.2, -0.15) is 0 Å². The van der Waals surface area contributed by atoms with E-state index in [9.17, 15) is 0 Å². The molecule has 28 heavy (non-hydrogen) atoms. The Morgan fingerprint density at radius 1 is 0.929 bits per heavy atom. The topological polar surface area (TPSA) is 0 Å². The molecular weight excluding hydrogens is 336 g/mol. The van der Waals surface area contributed by atoms with Gasteiger partial charge in [0.2, 0.25) is 0 Å². The Balaban J connectivity index is 1.74. The third-order valence-corrected chi connectivity index (χ3v) is 8.57. The molecular formula is C28H44. The molecule has 0 nitrogen and oxygen atoms in total. The molecule has 3 aliphatic carbocycles. The van der Waals surface area contributed by atoms with Crippen LogP contribution in [0.1, 0.15) is 92.4 Å². The second kappa shape index (κ2) is 9.19. The van der Waals surface area contributed by atoms with Crippen LogP contribution in [-0.2, 0) is 0 Å². The highest BCUT2D eigenvalue weighted by molar-refractivity contribution is 5.35. The number of allylic oxidation sites excluding steroid dienone is 7. The Morgan fingerprint density at radius 3 is 2.39 bits per heavy atom. The fourth-order valence-corrected chi connectivity index (χ4v) is 6.25. The van der Waals surface area contributed by atoms with Crippen LogP contribution in [0.15, 0.2) is 47.6 Å². The molecule has 156 valence electrons. The van der Waals surface area contributed by atoms with Crippen molar-refractivity contribution >= 4 is 0 Å². The van der Waals surface area contributed by atoms with Crippen LogP contribution in [0.4, 0.5) is 0 Å². The van der Waals surface area contributed by atoms with Gasteiger partial charge in [-0.05, 0) is 98.4 Å². The zero-order chi connectivity index (χ0) is 20.3. The third-order valence-electron chi connectivity index (χ3n) is 8.57. The molecule has 0 N–H and O–H groups in total. The first-order valence-corrected chi connectivity index (χ1v) is 12.1. The van der Waals surface area contributed by atoms with Crippen molar-refractivity contribution in [1.29, 1.82) is 0 Å². The number of hydrogen-bond acceptors (Lipinski definition) is 0. The van der Waals surface area contributed by atoms with Crippen LogP contribution in [0.5, 0.6) is 0 Å². The van der Waals surface area contributed by atoms with Crippen LogP contribution in [0.3, 0.4) is 0 Å². The fraction of sp³-hybridized carbons (Fsp3) is 0.714. The van der Waals surface area contributed by atoms with Gasteiger partial charge in [-0.3, -0.25) is 0 Å². The first-order chi connectivity index (χ1) is 13.3. The maximum Gasteiger partial charge on any atom is -0.0143 e. The van der Waals surface area contributed by atoms with Crippen LogP contribution in [0.2, 0.25) is 0 Å². The number of rotatable bonds is 5. The van der Waals surface area contributed by atoms with Gasteiger partial charge in [-0.1, -0.05) is 76.6 Å². The second-order valence-electron chi connectivity index (χ2n) is 10.7. The van der Waals surface area contributed by atoms with Gasteiger partial charge in [0.15, 0.2) is 0 Å². The highest BCUT2D eigenvalue weighted by atomic mass is 14.5. The van der Waals surface area contributed by atoms with E-state index in [0.717, 1.165) is 17.8 Å². The van der Waals surface area contributed by atoms with Crippen molar-refractivity contribution in [3.05, 3.63) is 47.6 Å². The minimum absolute atomic E-state index is 0.497. The van der Waals surface area contributed by atoms with E-state index in [2.05, 4.69) is 65.5 Å². The predicted molar refractivity (Wildman–Crippen MR) is 124 cm³/mol. The molecule has 5 atom stereocenters. The van der Waals surface area contributed by atoms with E-state index in [0.29, 0.717) is 17.3 Å². The minimum atomic E-state index is 0.497. The monoisotopic (exact) mass is 380 g/mol. The van der Waals surface area contributed by atoms with E-state index in [1.165, 1.54) is 68.9 Å². The SMILES string of the molecule is C=C1CCCCC1=CC=C1CCC[C@@]2(C)C1CCC2[C@H](C)C=C[C@H](C)C(C)C. The van der Waals surface area contributed by atoms with E-state index in [-0.39, 0.29) is 0 Å². The van der Waals surface area contributed by atoms with Crippen molar-refractivity contribution in [2.24, 2.45) is 35.0 Å². The van der Waals surface area contributed by atoms with E-state index >= 15 is 0 Å². The van der Waals surface area contributed by atoms with E-state index < -0.39 is 0 Å². The van der Waals surface area contributed by atoms with Gasteiger partial charge in [0, 0.05) is 0 Å². The molecule has 0 spiro atoms. The van der Waals surface area contributed by atoms with Crippen LogP contribution >= 0.6 is 0 Å². The summed E-state index contributed by atoms with van der Waals surface area (Å²) in [6.07, 6.45) is 22.0. The quantitative estimate of drug-likeness (QED) is 0.418. The molecule has 2 unspecified atom stereocenters. The lowest BCUT2D eigenvalue weighted by molar-refractivity contribution is 0.112. The van der Waals surface area contributed by atoms with Crippen molar-refractivity contribution in [2.75, 3.05) is 0 Å². The molecule has 0 aromatic rings. The summed E-state index contributed by atoms with van der Waals surface area (Å²) in [5, 5.41) is 0. The molecule has 0 amide bonds. The molecule has 3 saturated carbocycles. The summed E-state index contributed by atoms with van der Waals surface area (Å²) >= 11 is 0. The van der Waals surface area contributed by atoms with Crippen molar-refractivity contribution < 1.29 is 0 Å². The predicted octanol–water partition coefficient (Wildman–Crippen LogP) is 8.67. The van der Waals surface area contributed by atoms with Gasteiger partial charge >= 0.3 is 0 Å². The molecule has 0 heteroatoms. The van der Waals surface area contributed by atoms with Crippen LogP contribution in [0.25, 0.3) is 0 Å². The molecule has 0 saturated heterocycles. The average Bonchev–Trinajstić information content (AvgIpc) is 3.02. The van der Waals surface area contributed by atoms with Gasteiger partial charge < -0.3 is 0 Å². The van der Waals surface area contributed by atoms with Gasteiger partial charge in [0.25, 0.3) is 0 Å². The van der Waals surface area contributed by atoms with Crippen LogP contribution in [-0.4, -0.2) is 0 Å². The van der Waals surface area contributed by atoms with E-state index in [1.54, 1.807) is 5.57 Å². The highest BCUT2D eigenvalue weighted by Crippen LogP contribution is 2.59. The normalized spacial score (nSPS) is 36.4. The van der Waals surface area contributed by atoms with Crippen molar-refractivity contribution in [2.45, 2.75) is 92.4 Å². The largest absolute Gasteiger partial charge is 0.0956 e. The maximum absolute atomic E-state index is 4.32. The van der Waals surface area contributed by atoms with Gasteiger partial charge in [-0.15, -0.1) is 0 Å². The highest BCUT2D eigenvalue weighted by Gasteiger charge is 2.50. The van der Waals surface area contributed by atoms with Gasteiger partial charge in [0.1, 0.15) is 0 Å². The zero-order valence-electron chi connectivity index (χ0n) is 19.3. The molecule has 0 aromatic heterocycles. The summed E-state index contributed by atoms with van der Waals surface area (Å²) < 4.78 is 0. The molecule has 0 bridgehead atoms. The Kier molecular flexibility index (Phi) is 7.11.